The summed E-state index contributed by atoms with van der Waals surface area (Å²) in [6.45, 7) is 4.62. The molecule has 2 aromatic rings. The first-order valence-corrected chi connectivity index (χ1v) is 12.6. The van der Waals surface area contributed by atoms with Crippen LogP contribution < -0.4 is 14.2 Å². The number of nitrogens with zero attached hydrogens (tertiary/aromatic N) is 1. The molecule has 3 rings (SSSR count). The Hall–Kier alpha value is -3.27. The molecule has 2 aromatic carbocycles. The fourth-order valence-corrected chi connectivity index (χ4v) is 4.82. The van der Waals surface area contributed by atoms with Crippen LogP contribution in [0.1, 0.15) is 25.3 Å². The van der Waals surface area contributed by atoms with Crippen LogP contribution in [0, 0.1) is 12.8 Å². The van der Waals surface area contributed by atoms with Gasteiger partial charge in [0, 0.05) is 18.8 Å². The second-order valence-electron chi connectivity index (χ2n) is 7.96. The third-order valence-electron chi connectivity index (χ3n) is 5.62. The highest BCUT2D eigenvalue weighted by atomic mass is 32.2. The van der Waals surface area contributed by atoms with Crippen molar-refractivity contribution in [2.75, 3.05) is 38.1 Å². The third-order valence-corrected chi connectivity index (χ3v) is 7.00. The minimum atomic E-state index is -3.80. The Kier molecular flexibility index (Phi) is 8.38. The van der Waals surface area contributed by atoms with E-state index in [1.807, 2.05) is 0 Å². The molecule has 10 heteroatoms. The summed E-state index contributed by atoms with van der Waals surface area (Å²) >= 11 is 0. The van der Waals surface area contributed by atoms with Crippen molar-refractivity contribution in [2.45, 2.75) is 31.6 Å². The van der Waals surface area contributed by atoms with Crippen LogP contribution in [0.3, 0.4) is 0 Å². The molecule has 1 aliphatic rings. The van der Waals surface area contributed by atoms with E-state index in [2.05, 4.69) is 4.72 Å². The number of sulfonamides is 1. The molecule has 1 amide bonds. The van der Waals surface area contributed by atoms with Gasteiger partial charge in [0.25, 0.3) is 15.9 Å². The van der Waals surface area contributed by atoms with Gasteiger partial charge in [-0.05, 0) is 74.7 Å². The standard InChI is InChI=1S/C24H30N2O7S/c1-4-32-24(28)18-11-13-26(14-12-18)23(27)16-33-22-10-9-21(15-17(22)2)34(29,30)25-19-5-7-20(31-3)8-6-19/h5-10,15,18,25H,4,11-14,16H2,1-3H3. The summed E-state index contributed by atoms with van der Waals surface area (Å²) in [5.41, 5.74) is 1.00. The molecule has 0 aromatic heterocycles. The van der Waals surface area contributed by atoms with Gasteiger partial charge in [0.1, 0.15) is 11.5 Å². The van der Waals surface area contributed by atoms with Gasteiger partial charge >= 0.3 is 5.97 Å². The molecule has 1 fully saturated rings. The van der Waals surface area contributed by atoms with Crippen LogP contribution in [0.5, 0.6) is 11.5 Å². The van der Waals surface area contributed by atoms with Crippen molar-refractivity contribution < 1.29 is 32.2 Å². The smallest absolute Gasteiger partial charge is 0.309 e. The topological polar surface area (TPSA) is 111 Å². The second-order valence-corrected chi connectivity index (χ2v) is 9.64. The van der Waals surface area contributed by atoms with Crippen LogP contribution in [0.25, 0.3) is 0 Å². The Balaban J connectivity index is 1.55. The SMILES string of the molecule is CCOC(=O)C1CCN(C(=O)COc2ccc(S(=O)(=O)Nc3ccc(OC)cc3)cc2C)CC1. The van der Waals surface area contributed by atoms with Crippen molar-refractivity contribution in [1.29, 1.82) is 0 Å². The zero-order valence-corrected chi connectivity index (χ0v) is 20.4. The number of aryl methyl sites for hydroxylation is 1. The van der Waals surface area contributed by atoms with Gasteiger partial charge in [-0.25, -0.2) is 8.42 Å². The zero-order chi connectivity index (χ0) is 24.7. The Morgan fingerprint density at radius 1 is 1.09 bits per heavy atom. The lowest BCUT2D eigenvalue weighted by Crippen LogP contribution is -2.42. The van der Waals surface area contributed by atoms with E-state index in [0.717, 1.165) is 0 Å². The summed E-state index contributed by atoms with van der Waals surface area (Å²) in [5.74, 6) is 0.488. The van der Waals surface area contributed by atoms with Gasteiger partial charge in [-0.15, -0.1) is 0 Å². The molecule has 0 spiro atoms. The van der Waals surface area contributed by atoms with Crippen molar-refractivity contribution >= 4 is 27.6 Å². The number of nitrogens with one attached hydrogen (secondary N) is 1. The molecule has 1 N–H and O–H groups in total. The lowest BCUT2D eigenvalue weighted by Gasteiger charge is -2.30. The monoisotopic (exact) mass is 490 g/mol. The number of amides is 1. The van der Waals surface area contributed by atoms with E-state index in [-0.39, 0.29) is 29.3 Å². The van der Waals surface area contributed by atoms with E-state index in [0.29, 0.717) is 55.3 Å². The van der Waals surface area contributed by atoms with Gasteiger partial charge in [-0.3, -0.25) is 14.3 Å². The van der Waals surface area contributed by atoms with E-state index in [1.54, 1.807) is 43.0 Å². The predicted octanol–water partition coefficient (Wildman–Crippen LogP) is 2.98. The van der Waals surface area contributed by atoms with Gasteiger partial charge in [0.05, 0.1) is 24.5 Å². The molecular formula is C24H30N2O7S. The van der Waals surface area contributed by atoms with E-state index in [4.69, 9.17) is 14.2 Å². The number of esters is 1. The summed E-state index contributed by atoms with van der Waals surface area (Å²) in [5, 5.41) is 0. The van der Waals surface area contributed by atoms with Crippen LogP contribution in [0.2, 0.25) is 0 Å². The molecule has 1 heterocycles. The molecule has 0 atom stereocenters. The first kappa shape index (κ1) is 25.4. The molecule has 184 valence electrons. The molecule has 34 heavy (non-hydrogen) atoms. The van der Waals surface area contributed by atoms with Gasteiger partial charge in [0.15, 0.2) is 6.61 Å². The predicted molar refractivity (Wildman–Crippen MR) is 126 cm³/mol. The van der Waals surface area contributed by atoms with E-state index >= 15 is 0 Å². The van der Waals surface area contributed by atoms with Gasteiger partial charge < -0.3 is 19.1 Å². The normalized spacial score (nSPS) is 14.4. The Morgan fingerprint density at radius 2 is 1.76 bits per heavy atom. The zero-order valence-electron chi connectivity index (χ0n) is 19.6. The summed E-state index contributed by atoms with van der Waals surface area (Å²) < 4.78 is 43.8. The number of benzene rings is 2. The highest BCUT2D eigenvalue weighted by Crippen LogP contribution is 2.25. The fourth-order valence-electron chi connectivity index (χ4n) is 3.68. The van der Waals surface area contributed by atoms with E-state index < -0.39 is 10.0 Å². The summed E-state index contributed by atoms with van der Waals surface area (Å²) in [7, 11) is -2.26. The highest BCUT2D eigenvalue weighted by Gasteiger charge is 2.28. The molecule has 0 bridgehead atoms. The minimum Gasteiger partial charge on any atom is -0.497 e. The van der Waals surface area contributed by atoms with Crippen molar-refractivity contribution in [3.8, 4) is 11.5 Å². The summed E-state index contributed by atoms with van der Waals surface area (Å²) in [4.78, 5) is 26.1. The van der Waals surface area contributed by atoms with Gasteiger partial charge in [-0.2, -0.15) is 0 Å². The van der Waals surface area contributed by atoms with Gasteiger partial charge in [-0.1, -0.05) is 0 Å². The molecule has 0 radical (unpaired) electrons. The number of carbonyl (C=O) groups excluding carboxylic acids is 2. The lowest BCUT2D eigenvalue weighted by atomic mass is 9.97. The molecule has 0 unspecified atom stereocenters. The maximum absolute atomic E-state index is 12.7. The Labute approximate surface area is 200 Å². The largest absolute Gasteiger partial charge is 0.497 e. The average molecular weight is 491 g/mol. The number of rotatable bonds is 9. The van der Waals surface area contributed by atoms with E-state index in [1.165, 1.54) is 25.3 Å². The van der Waals surface area contributed by atoms with Crippen molar-refractivity contribution in [3.05, 3.63) is 48.0 Å². The minimum absolute atomic E-state index is 0.0838. The van der Waals surface area contributed by atoms with Crippen LogP contribution in [-0.2, 0) is 24.3 Å². The maximum atomic E-state index is 12.7. The third kappa shape index (κ3) is 6.40. The Morgan fingerprint density at radius 3 is 2.35 bits per heavy atom. The average Bonchev–Trinajstić information content (AvgIpc) is 2.83. The number of piperidine rings is 1. The van der Waals surface area contributed by atoms with E-state index in [9.17, 15) is 18.0 Å². The first-order chi connectivity index (χ1) is 16.2. The molecule has 1 aliphatic heterocycles. The van der Waals surface area contributed by atoms with Crippen LogP contribution in [-0.4, -0.2) is 58.6 Å². The number of likely N-dealkylation sites (tertiary alicyclic amines) is 1. The Bertz CT molecular complexity index is 1110. The van der Waals surface area contributed by atoms with Crippen molar-refractivity contribution in [3.63, 3.8) is 0 Å². The summed E-state index contributed by atoms with van der Waals surface area (Å²) in [6.07, 6.45) is 1.13. The number of hydrogen-bond donors (Lipinski definition) is 1. The summed E-state index contributed by atoms with van der Waals surface area (Å²) in [6, 6.07) is 11.0. The maximum Gasteiger partial charge on any atom is 0.309 e. The van der Waals surface area contributed by atoms with Crippen molar-refractivity contribution in [2.24, 2.45) is 5.92 Å². The first-order valence-electron chi connectivity index (χ1n) is 11.1. The molecular weight excluding hydrogens is 460 g/mol. The molecule has 0 saturated carbocycles. The van der Waals surface area contributed by atoms with Crippen molar-refractivity contribution in [1.82, 2.24) is 4.90 Å². The van der Waals surface area contributed by atoms with Crippen LogP contribution in [0.4, 0.5) is 5.69 Å². The molecule has 0 aliphatic carbocycles. The number of hydrogen-bond acceptors (Lipinski definition) is 7. The number of anilines is 1. The quantitative estimate of drug-likeness (QED) is 0.538. The number of ether oxygens (including phenoxy) is 3. The lowest BCUT2D eigenvalue weighted by molar-refractivity contribution is -0.151. The fraction of sp³-hybridized carbons (Fsp3) is 0.417. The van der Waals surface area contributed by atoms with Crippen LogP contribution in [0.15, 0.2) is 47.4 Å². The number of methoxy groups -OCH3 is 1. The molecule has 9 nitrogen and oxygen atoms in total. The molecule has 1 saturated heterocycles. The second kappa shape index (κ2) is 11.2. The van der Waals surface area contributed by atoms with Crippen LogP contribution >= 0.6 is 0 Å². The highest BCUT2D eigenvalue weighted by molar-refractivity contribution is 7.92. The number of carbonyl (C=O) groups is 2. The van der Waals surface area contributed by atoms with Gasteiger partial charge in [0.2, 0.25) is 0 Å².